The Hall–Kier alpha value is -1.62. The molecule has 0 aromatic carbocycles. The van der Waals surface area contributed by atoms with E-state index < -0.39 is 11.9 Å². The number of hydrogen-bond donors (Lipinski definition) is 2. The van der Waals surface area contributed by atoms with Crippen LogP contribution in [-0.4, -0.2) is 36.4 Å². The van der Waals surface area contributed by atoms with Crippen LogP contribution < -0.4 is 0 Å². The Morgan fingerprint density at radius 3 is 1.31 bits per heavy atom. The zero-order valence-electron chi connectivity index (χ0n) is 7.69. The van der Waals surface area contributed by atoms with Gasteiger partial charge in [0.2, 0.25) is 0 Å². The smallest absolute Gasteiger partial charge is 0.328 e. The first kappa shape index (κ1) is 17.5. The first-order valence-corrected chi connectivity index (χ1v) is 3.08. The maximum Gasteiger partial charge on any atom is 0.328 e. The van der Waals surface area contributed by atoms with Gasteiger partial charge in [0.25, 0.3) is 0 Å². The second kappa shape index (κ2) is 16.8. The van der Waals surface area contributed by atoms with Crippen molar-refractivity contribution in [3.8, 4) is 0 Å². The highest BCUT2D eigenvalue weighted by atomic mass is 16.4. The summed E-state index contributed by atoms with van der Waals surface area (Å²) < 4.78 is 4.25. The highest BCUT2D eigenvalue weighted by Gasteiger charge is 1.88. The first-order valence-electron chi connectivity index (χ1n) is 3.08. The van der Waals surface area contributed by atoms with Crippen molar-refractivity contribution in [1.82, 2.24) is 0 Å². The summed E-state index contributed by atoms with van der Waals surface area (Å²) in [4.78, 5) is 19.1. The summed E-state index contributed by atoms with van der Waals surface area (Å²) in [5.41, 5.74) is 0. The van der Waals surface area contributed by atoms with E-state index in [-0.39, 0.29) is 0 Å². The van der Waals surface area contributed by atoms with Crippen LogP contribution in [0.3, 0.4) is 0 Å². The molecule has 0 aromatic heterocycles. The summed E-state index contributed by atoms with van der Waals surface area (Å²) in [7, 11) is 3.25. The normalized spacial score (nSPS) is 7.54. The summed E-state index contributed by atoms with van der Waals surface area (Å²) in [6.45, 7) is 6.00. The maximum absolute atomic E-state index is 9.55. The van der Waals surface area contributed by atoms with E-state index in [1.165, 1.54) is 0 Å². The molecule has 0 radical (unpaired) electrons. The van der Waals surface area contributed by atoms with Crippen LogP contribution in [0.2, 0.25) is 0 Å². The Balaban J connectivity index is -0.000000169. The Labute approximate surface area is 77.0 Å². The molecular formula is C8H14O5. The molecule has 0 aliphatic rings. The van der Waals surface area contributed by atoms with Crippen molar-refractivity contribution in [2.75, 3.05) is 14.2 Å². The number of ether oxygens (including phenoxy) is 1. The van der Waals surface area contributed by atoms with Crippen LogP contribution in [0.4, 0.5) is 0 Å². The quantitative estimate of drug-likeness (QED) is 0.496. The molecule has 0 saturated carbocycles. The first-order chi connectivity index (χ1) is 6.04. The van der Waals surface area contributed by atoms with Crippen molar-refractivity contribution in [2.24, 2.45) is 0 Å². The van der Waals surface area contributed by atoms with E-state index in [1.807, 2.05) is 0 Å². The van der Waals surface area contributed by atoms with Gasteiger partial charge in [-0.1, -0.05) is 0 Å². The predicted molar refractivity (Wildman–Crippen MR) is 48.6 cm³/mol. The number of carbonyl (C=O) groups is 2. The molecule has 0 amide bonds. The Bertz CT molecular complexity index is 146. The van der Waals surface area contributed by atoms with E-state index in [2.05, 4.69) is 17.9 Å². The lowest BCUT2D eigenvalue weighted by molar-refractivity contribution is -0.134. The fraction of sp³-hybridized carbons (Fsp3) is 0.250. The molecule has 0 aliphatic carbocycles. The van der Waals surface area contributed by atoms with E-state index in [4.69, 9.17) is 10.2 Å². The van der Waals surface area contributed by atoms with Gasteiger partial charge in [-0.25, -0.2) is 9.59 Å². The molecule has 0 aromatic rings. The van der Waals surface area contributed by atoms with Gasteiger partial charge in [-0.2, -0.15) is 0 Å². The third kappa shape index (κ3) is 63.8. The SMILES string of the molecule is C=C.COC.O=C(O)/C=C\C(=O)O. The summed E-state index contributed by atoms with van der Waals surface area (Å²) in [6.07, 6.45) is 1.12. The van der Waals surface area contributed by atoms with Crippen LogP contribution in [-0.2, 0) is 14.3 Å². The maximum atomic E-state index is 9.55. The molecule has 76 valence electrons. The van der Waals surface area contributed by atoms with Gasteiger partial charge in [-0.3, -0.25) is 0 Å². The highest BCUT2D eigenvalue weighted by molar-refractivity contribution is 5.89. The highest BCUT2D eigenvalue weighted by Crippen LogP contribution is 1.70. The fourth-order valence-corrected chi connectivity index (χ4v) is 0.143. The van der Waals surface area contributed by atoms with E-state index in [1.54, 1.807) is 14.2 Å². The molecule has 0 unspecified atom stereocenters. The molecule has 5 heteroatoms. The summed E-state index contributed by atoms with van der Waals surface area (Å²) in [5.74, 6) is -2.51. The summed E-state index contributed by atoms with van der Waals surface area (Å²) in [6, 6.07) is 0. The van der Waals surface area contributed by atoms with E-state index in [0.29, 0.717) is 12.2 Å². The van der Waals surface area contributed by atoms with Crippen molar-refractivity contribution in [1.29, 1.82) is 0 Å². The molecule has 0 rings (SSSR count). The number of aliphatic carboxylic acids is 2. The van der Waals surface area contributed by atoms with Crippen LogP contribution in [0.5, 0.6) is 0 Å². The fourth-order valence-electron chi connectivity index (χ4n) is 0.143. The standard InChI is InChI=1S/C4H4O4.C2H6O.C2H4/c5-3(6)1-2-4(7)8;1-3-2;1-2/h1-2H,(H,5,6)(H,7,8);1-2H3;1-2H2/b2-1-;;. The van der Waals surface area contributed by atoms with Gasteiger partial charge in [-0.15, -0.1) is 13.2 Å². The lowest BCUT2D eigenvalue weighted by atomic mass is 10.5. The van der Waals surface area contributed by atoms with Gasteiger partial charge in [0, 0.05) is 26.4 Å². The third-order valence-electron chi connectivity index (χ3n) is 0.368. The van der Waals surface area contributed by atoms with Gasteiger partial charge >= 0.3 is 11.9 Å². The van der Waals surface area contributed by atoms with Crippen LogP contribution >= 0.6 is 0 Å². The van der Waals surface area contributed by atoms with Crippen LogP contribution in [0.15, 0.2) is 25.3 Å². The number of carboxylic acid groups (broad SMARTS) is 2. The van der Waals surface area contributed by atoms with E-state index in [0.717, 1.165) is 0 Å². The molecule has 2 N–H and O–H groups in total. The van der Waals surface area contributed by atoms with Crippen LogP contribution in [0.1, 0.15) is 0 Å². The molecule has 0 fully saturated rings. The van der Waals surface area contributed by atoms with E-state index in [9.17, 15) is 9.59 Å². The van der Waals surface area contributed by atoms with Crippen molar-refractivity contribution in [3.05, 3.63) is 25.3 Å². The number of carboxylic acids is 2. The van der Waals surface area contributed by atoms with Crippen LogP contribution in [0.25, 0.3) is 0 Å². The Morgan fingerprint density at radius 2 is 1.23 bits per heavy atom. The molecule has 13 heavy (non-hydrogen) atoms. The number of hydrogen-bond acceptors (Lipinski definition) is 3. The lowest BCUT2D eigenvalue weighted by Gasteiger charge is -1.74. The largest absolute Gasteiger partial charge is 0.478 e. The number of rotatable bonds is 2. The molecule has 5 nitrogen and oxygen atoms in total. The minimum atomic E-state index is -1.26. The minimum Gasteiger partial charge on any atom is -0.478 e. The zero-order valence-corrected chi connectivity index (χ0v) is 7.69. The Morgan fingerprint density at radius 1 is 1.08 bits per heavy atom. The summed E-state index contributed by atoms with van der Waals surface area (Å²) in [5, 5.41) is 15.6. The number of methoxy groups -OCH3 is 1. The molecular weight excluding hydrogens is 176 g/mol. The summed E-state index contributed by atoms with van der Waals surface area (Å²) >= 11 is 0. The van der Waals surface area contributed by atoms with Gasteiger partial charge in [-0.05, 0) is 0 Å². The van der Waals surface area contributed by atoms with Crippen molar-refractivity contribution in [3.63, 3.8) is 0 Å². The van der Waals surface area contributed by atoms with E-state index >= 15 is 0 Å². The third-order valence-corrected chi connectivity index (χ3v) is 0.368. The van der Waals surface area contributed by atoms with Crippen molar-refractivity contribution in [2.45, 2.75) is 0 Å². The minimum absolute atomic E-state index is 0.558. The molecule has 0 spiro atoms. The lowest BCUT2D eigenvalue weighted by Crippen LogP contribution is -1.91. The topological polar surface area (TPSA) is 83.8 Å². The van der Waals surface area contributed by atoms with Crippen molar-refractivity contribution >= 4 is 11.9 Å². The molecule has 0 aliphatic heterocycles. The second-order valence-corrected chi connectivity index (χ2v) is 1.42. The zero-order chi connectivity index (χ0) is 11.3. The monoisotopic (exact) mass is 190 g/mol. The van der Waals surface area contributed by atoms with Crippen LogP contribution in [0, 0.1) is 0 Å². The predicted octanol–water partition coefficient (Wildman–Crippen LogP) is 0.777. The van der Waals surface area contributed by atoms with Gasteiger partial charge in [0.15, 0.2) is 0 Å². The average Bonchev–Trinajstić information content (AvgIpc) is 2.06. The Kier molecular flexibility index (Phi) is 22.5. The molecule has 0 atom stereocenters. The second-order valence-electron chi connectivity index (χ2n) is 1.42. The molecule has 0 saturated heterocycles. The molecule has 0 heterocycles. The van der Waals surface area contributed by atoms with Gasteiger partial charge < -0.3 is 14.9 Å². The van der Waals surface area contributed by atoms with Gasteiger partial charge in [0.05, 0.1) is 0 Å². The molecule has 0 bridgehead atoms. The van der Waals surface area contributed by atoms with Crippen molar-refractivity contribution < 1.29 is 24.5 Å². The van der Waals surface area contributed by atoms with Gasteiger partial charge in [0.1, 0.15) is 0 Å². The average molecular weight is 190 g/mol.